The van der Waals surface area contributed by atoms with Crippen LogP contribution in [0.5, 0.6) is 0 Å². The van der Waals surface area contributed by atoms with Gasteiger partial charge in [0.05, 0.1) is 12.3 Å². The van der Waals surface area contributed by atoms with Crippen molar-refractivity contribution in [2.24, 2.45) is 7.05 Å². The molecule has 1 saturated heterocycles. The van der Waals surface area contributed by atoms with Crippen molar-refractivity contribution in [2.45, 2.75) is 38.8 Å². The highest BCUT2D eigenvalue weighted by Crippen LogP contribution is 2.24. The summed E-state index contributed by atoms with van der Waals surface area (Å²) in [6.07, 6.45) is 5.61. The van der Waals surface area contributed by atoms with Crippen molar-refractivity contribution < 1.29 is 4.42 Å². The summed E-state index contributed by atoms with van der Waals surface area (Å²) in [7, 11) is 1.94. The smallest absolute Gasteiger partial charge is 0.122 e. The lowest BCUT2D eigenvalue weighted by Crippen LogP contribution is -2.38. The van der Waals surface area contributed by atoms with Crippen molar-refractivity contribution in [3.05, 3.63) is 47.2 Å². The Kier molecular flexibility index (Phi) is 5.39. The second kappa shape index (κ2) is 7.69. The molecule has 0 radical (unpaired) electrons. The zero-order chi connectivity index (χ0) is 16.9. The lowest BCUT2D eigenvalue weighted by molar-refractivity contribution is 0.142. The van der Waals surface area contributed by atoms with Crippen LogP contribution in [0.3, 0.4) is 0 Å². The standard InChI is InChI=1S/C19H26N4O/c1-15-16(11-17(12-20)22(15)2)13-21-14-18(19-7-6-10-24-19)23-8-4-3-5-9-23/h6-7,10-11,18,21H,3-5,8-9,13-14H2,1-2H3. The van der Waals surface area contributed by atoms with Crippen molar-refractivity contribution in [3.8, 4) is 6.07 Å². The van der Waals surface area contributed by atoms with Crippen LogP contribution in [0.4, 0.5) is 0 Å². The van der Waals surface area contributed by atoms with Crippen LogP contribution in [-0.4, -0.2) is 29.1 Å². The molecule has 24 heavy (non-hydrogen) atoms. The van der Waals surface area contributed by atoms with Crippen molar-refractivity contribution >= 4 is 0 Å². The molecule has 2 aromatic rings. The zero-order valence-electron chi connectivity index (χ0n) is 14.6. The van der Waals surface area contributed by atoms with Gasteiger partial charge in [-0.15, -0.1) is 0 Å². The average molecular weight is 326 g/mol. The van der Waals surface area contributed by atoms with E-state index < -0.39 is 0 Å². The molecule has 5 heteroatoms. The lowest BCUT2D eigenvalue weighted by atomic mass is 10.1. The number of hydrogen-bond acceptors (Lipinski definition) is 4. The number of piperidine rings is 1. The van der Waals surface area contributed by atoms with E-state index in [4.69, 9.17) is 9.68 Å². The molecule has 0 amide bonds. The Morgan fingerprint density at radius 1 is 1.33 bits per heavy atom. The van der Waals surface area contributed by atoms with Crippen LogP contribution in [-0.2, 0) is 13.6 Å². The summed E-state index contributed by atoms with van der Waals surface area (Å²) in [6.45, 7) is 5.95. The van der Waals surface area contributed by atoms with Gasteiger partial charge in [-0.1, -0.05) is 6.42 Å². The van der Waals surface area contributed by atoms with Gasteiger partial charge in [-0.3, -0.25) is 4.90 Å². The highest BCUT2D eigenvalue weighted by Gasteiger charge is 2.24. The number of likely N-dealkylation sites (tertiary alicyclic amines) is 1. The van der Waals surface area contributed by atoms with E-state index in [0.29, 0.717) is 5.69 Å². The second-order valence-corrected chi connectivity index (χ2v) is 6.57. The summed E-state index contributed by atoms with van der Waals surface area (Å²) in [5, 5.41) is 12.7. The van der Waals surface area contributed by atoms with Gasteiger partial charge >= 0.3 is 0 Å². The predicted molar refractivity (Wildman–Crippen MR) is 93.4 cm³/mol. The minimum Gasteiger partial charge on any atom is -0.468 e. The summed E-state index contributed by atoms with van der Waals surface area (Å²) in [5.41, 5.74) is 3.04. The van der Waals surface area contributed by atoms with Crippen LogP contribution >= 0.6 is 0 Å². The van der Waals surface area contributed by atoms with Crippen LogP contribution in [0.25, 0.3) is 0 Å². The monoisotopic (exact) mass is 326 g/mol. The van der Waals surface area contributed by atoms with E-state index in [-0.39, 0.29) is 6.04 Å². The number of nitrogens with zero attached hydrogens (tertiary/aromatic N) is 3. The SMILES string of the molecule is Cc1c(CNCC(c2ccco2)N2CCCCC2)cc(C#N)n1C. The zero-order valence-corrected chi connectivity index (χ0v) is 14.6. The van der Waals surface area contributed by atoms with E-state index in [0.717, 1.165) is 37.6 Å². The molecule has 1 atom stereocenters. The fourth-order valence-electron chi connectivity index (χ4n) is 3.51. The van der Waals surface area contributed by atoms with Gasteiger partial charge in [0.1, 0.15) is 17.5 Å². The molecule has 1 aliphatic rings. The molecule has 3 heterocycles. The van der Waals surface area contributed by atoms with Crippen LogP contribution in [0, 0.1) is 18.3 Å². The molecule has 0 aliphatic carbocycles. The quantitative estimate of drug-likeness (QED) is 0.886. The van der Waals surface area contributed by atoms with Crippen molar-refractivity contribution in [2.75, 3.05) is 19.6 Å². The molecule has 1 unspecified atom stereocenters. The van der Waals surface area contributed by atoms with Gasteiger partial charge in [-0.2, -0.15) is 5.26 Å². The van der Waals surface area contributed by atoms with E-state index >= 15 is 0 Å². The molecule has 0 saturated carbocycles. The molecular formula is C19H26N4O. The van der Waals surface area contributed by atoms with Crippen LogP contribution in [0.2, 0.25) is 0 Å². The Morgan fingerprint density at radius 2 is 2.12 bits per heavy atom. The third kappa shape index (κ3) is 3.55. The Bertz CT molecular complexity index is 690. The highest BCUT2D eigenvalue weighted by atomic mass is 16.3. The molecule has 0 aromatic carbocycles. The van der Waals surface area contributed by atoms with Crippen molar-refractivity contribution in [1.82, 2.24) is 14.8 Å². The fraction of sp³-hybridized carbons (Fsp3) is 0.526. The molecular weight excluding hydrogens is 300 g/mol. The van der Waals surface area contributed by atoms with Crippen LogP contribution in [0.15, 0.2) is 28.9 Å². The largest absolute Gasteiger partial charge is 0.468 e. The summed E-state index contributed by atoms with van der Waals surface area (Å²) < 4.78 is 7.64. The van der Waals surface area contributed by atoms with E-state index in [2.05, 4.69) is 29.3 Å². The van der Waals surface area contributed by atoms with Gasteiger partial charge in [0.2, 0.25) is 0 Å². The third-order valence-electron chi connectivity index (χ3n) is 5.11. The lowest BCUT2D eigenvalue weighted by Gasteiger charge is -2.33. The van der Waals surface area contributed by atoms with E-state index in [9.17, 15) is 0 Å². The molecule has 128 valence electrons. The summed E-state index contributed by atoms with van der Waals surface area (Å²) in [5.74, 6) is 1.03. The Morgan fingerprint density at radius 3 is 2.75 bits per heavy atom. The van der Waals surface area contributed by atoms with Gasteiger partial charge in [-0.25, -0.2) is 0 Å². The topological polar surface area (TPSA) is 57.1 Å². The molecule has 1 fully saturated rings. The number of nitriles is 1. The first-order chi connectivity index (χ1) is 11.7. The second-order valence-electron chi connectivity index (χ2n) is 6.57. The van der Waals surface area contributed by atoms with Crippen LogP contribution < -0.4 is 5.32 Å². The van der Waals surface area contributed by atoms with E-state index in [1.807, 2.05) is 23.7 Å². The van der Waals surface area contributed by atoms with Gasteiger partial charge in [0.15, 0.2) is 0 Å². The number of furan rings is 1. The molecule has 0 bridgehead atoms. The van der Waals surface area contributed by atoms with Crippen molar-refractivity contribution in [1.29, 1.82) is 5.26 Å². The van der Waals surface area contributed by atoms with E-state index in [1.54, 1.807) is 6.26 Å². The van der Waals surface area contributed by atoms with Gasteiger partial charge in [-0.05, 0) is 56.6 Å². The molecule has 2 aromatic heterocycles. The third-order valence-corrected chi connectivity index (χ3v) is 5.11. The first-order valence-corrected chi connectivity index (χ1v) is 8.74. The van der Waals surface area contributed by atoms with Gasteiger partial charge in [0.25, 0.3) is 0 Å². The summed E-state index contributed by atoms with van der Waals surface area (Å²) in [6, 6.07) is 8.53. The van der Waals surface area contributed by atoms with Crippen LogP contribution in [0.1, 0.15) is 48.0 Å². The maximum absolute atomic E-state index is 9.15. The minimum atomic E-state index is 0.278. The predicted octanol–water partition coefficient (Wildman–Crippen LogP) is 3.12. The average Bonchev–Trinajstić information content (AvgIpc) is 3.23. The maximum atomic E-state index is 9.15. The fourth-order valence-corrected chi connectivity index (χ4v) is 3.51. The Hall–Kier alpha value is -2.03. The first kappa shape index (κ1) is 16.8. The normalized spacial score (nSPS) is 16.9. The maximum Gasteiger partial charge on any atom is 0.122 e. The minimum absolute atomic E-state index is 0.278. The first-order valence-electron chi connectivity index (χ1n) is 8.74. The number of nitrogens with one attached hydrogen (secondary N) is 1. The molecule has 1 N–H and O–H groups in total. The molecule has 3 rings (SSSR count). The Labute approximate surface area is 143 Å². The van der Waals surface area contributed by atoms with Crippen molar-refractivity contribution in [3.63, 3.8) is 0 Å². The van der Waals surface area contributed by atoms with E-state index in [1.165, 1.54) is 24.8 Å². The Balaban J connectivity index is 1.65. The number of aromatic nitrogens is 1. The van der Waals surface area contributed by atoms with Gasteiger partial charge in [0, 0.05) is 25.8 Å². The number of rotatable bonds is 6. The van der Waals surface area contributed by atoms with Gasteiger partial charge < -0.3 is 14.3 Å². The molecule has 1 aliphatic heterocycles. The highest BCUT2D eigenvalue weighted by molar-refractivity contribution is 5.34. The summed E-state index contributed by atoms with van der Waals surface area (Å²) in [4.78, 5) is 2.52. The molecule has 5 nitrogen and oxygen atoms in total. The summed E-state index contributed by atoms with van der Waals surface area (Å²) >= 11 is 0. The number of hydrogen-bond donors (Lipinski definition) is 1. The molecule has 0 spiro atoms.